The van der Waals surface area contributed by atoms with Crippen molar-refractivity contribution in [3.05, 3.63) is 42.4 Å². The van der Waals surface area contributed by atoms with Crippen LogP contribution in [0.3, 0.4) is 0 Å². The highest BCUT2D eigenvalue weighted by Crippen LogP contribution is 2.33. The van der Waals surface area contributed by atoms with E-state index in [0.717, 1.165) is 37.2 Å². The SMILES string of the molecule is c1ccc(-c2cnc(C3COCCN3CC3CC3)[nH]2)cc1. The minimum absolute atomic E-state index is 0.275. The maximum atomic E-state index is 5.68. The van der Waals surface area contributed by atoms with Crippen molar-refractivity contribution in [2.24, 2.45) is 5.92 Å². The first kappa shape index (κ1) is 13.0. The molecule has 0 spiro atoms. The van der Waals surface area contributed by atoms with Gasteiger partial charge in [-0.05, 0) is 24.3 Å². The van der Waals surface area contributed by atoms with E-state index in [9.17, 15) is 0 Å². The van der Waals surface area contributed by atoms with Crippen LogP contribution in [0.4, 0.5) is 0 Å². The Bertz CT molecular complexity index is 591. The van der Waals surface area contributed by atoms with Gasteiger partial charge in [0.15, 0.2) is 0 Å². The summed E-state index contributed by atoms with van der Waals surface area (Å²) in [5, 5.41) is 0. The molecule has 1 aromatic heterocycles. The minimum Gasteiger partial charge on any atom is -0.378 e. The number of ether oxygens (including phenoxy) is 1. The first-order valence-electron chi connectivity index (χ1n) is 7.82. The quantitative estimate of drug-likeness (QED) is 0.938. The van der Waals surface area contributed by atoms with E-state index in [2.05, 4.69) is 39.1 Å². The van der Waals surface area contributed by atoms with Gasteiger partial charge in [-0.3, -0.25) is 4.90 Å². The summed E-state index contributed by atoms with van der Waals surface area (Å²) in [6.07, 6.45) is 4.71. The van der Waals surface area contributed by atoms with Crippen molar-refractivity contribution in [1.29, 1.82) is 0 Å². The van der Waals surface area contributed by atoms with Gasteiger partial charge in [-0.2, -0.15) is 0 Å². The second-order valence-electron chi connectivity index (χ2n) is 6.08. The standard InChI is InChI=1S/C17H21N3O/c1-2-4-14(5-3-1)15-10-18-17(19-15)16-12-21-9-8-20(16)11-13-6-7-13/h1-5,10,13,16H,6-9,11-12H2,(H,18,19). The van der Waals surface area contributed by atoms with Crippen molar-refractivity contribution >= 4 is 0 Å². The average molecular weight is 283 g/mol. The van der Waals surface area contributed by atoms with Crippen LogP contribution in [0.2, 0.25) is 0 Å². The number of nitrogens with one attached hydrogen (secondary N) is 1. The zero-order valence-corrected chi connectivity index (χ0v) is 12.2. The predicted molar refractivity (Wildman–Crippen MR) is 81.9 cm³/mol. The van der Waals surface area contributed by atoms with E-state index in [1.165, 1.54) is 24.9 Å². The number of morpholine rings is 1. The third kappa shape index (κ3) is 2.87. The highest BCUT2D eigenvalue weighted by molar-refractivity contribution is 5.58. The molecular formula is C17H21N3O. The van der Waals surface area contributed by atoms with Crippen molar-refractivity contribution in [2.75, 3.05) is 26.3 Å². The smallest absolute Gasteiger partial charge is 0.126 e. The van der Waals surface area contributed by atoms with Crippen LogP contribution >= 0.6 is 0 Å². The largest absolute Gasteiger partial charge is 0.378 e. The Hall–Kier alpha value is -1.65. The third-order valence-electron chi connectivity index (χ3n) is 4.42. The molecule has 1 saturated carbocycles. The zero-order chi connectivity index (χ0) is 14.1. The third-order valence-corrected chi connectivity index (χ3v) is 4.42. The van der Waals surface area contributed by atoms with Crippen molar-refractivity contribution in [3.63, 3.8) is 0 Å². The number of rotatable bonds is 4. The molecule has 1 aliphatic heterocycles. The summed E-state index contributed by atoms with van der Waals surface area (Å²) in [6.45, 7) is 3.79. The topological polar surface area (TPSA) is 41.1 Å². The molecule has 1 aromatic carbocycles. The fourth-order valence-electron chi connectivity index (χ4n) is 3.01. The molecular weight excluding hydrogens is 262 g/mol. The highest BCUT2D eigenvalue weighted by atomic mass is 16.5. The lowest BCUT2D eigenvalue weighted by Gasteiger charge is -2.34. The van der Waals surface area contributed by atoms with Crippen LogP contribution in [0, 0.1) is 5.92 Å². The lowest BCUT2D eigenvalue weighted by molar-refractivity contribution is -0.0134. The van der Waals surface area contributed by atoms with Gasteiger partial charge in [-0.15, -0.1) is 0 Å². The number of aromatic amines is 1. The van der Waals surface area contributed by atoms with E-state index in [4.69, 9.17) is 4.74 Å². The first-order chi connectivity index (χ1) is 10.4. The number of benzene rings is 1. The van der Waals surface area contributed by atoms with Gasteiger partial charge in [0.1, 0.15) is 5.82 Å². The van der Waals surface area contributed by atoms with Crippen LogP contribution in [0.25, 0.3) is 11.3 Å². The van der Waals surface area contributed by atoms with E-state index >= 15 is 0 Å². The maximum absolute atomic E-state index is 5.68. The summed E-state index contributed by atoms with van der Waals surface area (Å²) in [6, 6.07) is 10.6. The Morgan fingerprint density at radius 3 is 2.90 bits per heavy atom. The molecule has 1 aliphatic carbocycles. The monoisotopic (exact) mass is 283 g/mol. The van der Waals surface area contributed by atoms with Gasteiger partial charge in [-0.25, -0.2) is 4.98 Å². The second kappa shape index (κ2) is 5.62. The normalized spacial score (nSPS) is 23.3. The van der Waals surface area contributed by atoms with Crippen molar-refractivity contribution in [2.45, 2.75) is 18.9 Å². The number of imidazole rings is 1. The molecule has 2 heterocycles. The molecule has 2 aromatic rings. The Balaban J connectivity index is 1.55. The lowest BCUT2D eigenvalue weighted by atomic mass is 10.2. The van der Waals surface area contributed by atoms with Gasteiger partial charge in [0.25, 0.3) is 0 Å². The molecule has 4 heteroatoms. The number of aromatic nitrogens is 2. The van der Waals surface area contributed by atoms with Crippen molar-refractivity contribution in [3.8, 4) is 11.3 Å². The fourth-order valence-corrected chi connectivity index (χ4v) is 3.01. The van der Waals surface area contributed by atoms with Gasteiger partial charge in [-0.1, -0.05) is 30.3 Å². The van der Waals surface area contributed by atoms with E-state index in [1.54, 1.807) is 0 Å². The molecule has 1 N–H and O–H groups in total. The van der Waals surface area contributed by atoms with Gasteiger partial charge in [0.05, 0.1) is 31.1 Å². The summed E-state index contributed by atoms with van der Waals surface area (Å²) in [4.78, 5) is 10.6. The molecule has 0 amide bonds. The Labute approximate surface area is 125 Å². The maximum Gasteiger partial charge on any atom is 0.126 e. The van der Waals surface area contributed by atoms with E-state index in [1.807, 2.05) is 12.3 Å². The van der Waals surface area contributed by atoms with Crippen LogP contribution in [-0.4, -0.2) is 41.2 Å². The number of hydrogen-bond donors (Lipinski definition) is 1. The molecule has 2 aliphatic rings. The van der Waals surface area contributed by atoms with Crippen LogP contribution in [0.5, 0.6) is 0 Å². The van der Waals surface area contributed by atoms with E-state index < -0.39 is 0 Å². The molecule has 1 saturated heterocycles. The molecule has 0 radical (unpaired) electrons. The first-order valence-corrected chi connectivity index (χ1v) is 7.82. The Morgan fingerprint density at radius 2 is 2.10 bits per heavy atom. The van der Waals surface area contributed by atoms with Gasteiger partial charge >= 0.3 is 0 Å². The Morgan fingerprint density at radius 1 is 1.24 bits per heavy atom. The van der Waals surface area contributed by atoms with Crippen LogP contribution in [0.15, 0.2) is 36.5 Å². The number of hydrogen-bond acceptors (Lipinski definition) is 3. The average Bonchev–Trinajstić information content (AvgIpc) is 3.22. The molecule has 1 atom stereocenters. The van der Waals surface area contributed by atoms with Gasteiger partial charge in [0, 0.05) is 13.1 Å². The lowest BCUT2D eigenvalue weighted by Crippen LogP contribution is -2.41. The summed E-state index contributed by atoms with van der Waals surface area (Å²) in [5.41, 5.74) is 2.27. The molecule has 1 unspecified atom stereocenters. The van der Waals surface area contributed by atoms with E-state index in [-0.39, 0.29) is 6.04 Å². The van der Waals surface area contributed by atoms with E-state index in [0.29, 0.717) is 0 Å². The Kier molecular flexibility index (Phi) is 3.49. The number of H-pyrrole nitrogens is 1. The molecule has 21 heavy (non-hydrogen) atoms. The molecule has 2 fully saturated rings. The summed E-state index contributed by atoms with van der Waals surface area (Å²) < 4.78 is 5.68. The zero-order valence-electron chi connectivity index (χ0n) is 12.2. The summed E-state index contributed by atoms with van der Waals surface area (Å²) in [7, 11) is 0. The molecule has 4 nitrogen and oxygen atoms in total. The molecule has 4 rings (SSSR count). The minimum atomic E-state index is 0.275. The molecule has 0 bridgehead atoms. The summed E-state index contributed by atoms with van der Waals surface area (Å²) >= 11 is 0. The highest BCUT2D eigenvalue weighted by Gasteiger charge is 2.32. The van der Waals surface area contributed by atoms with Crippen molar-refractivity contribution < 1.29 is 4.74 Å². The van der Waals surface area contributed by atoms with Gasteiger partial charge < -0.3 is 9.72 Å². The second-order valence-corrected chi connectivity index (χ2v) is 6.08. The van der Waals surface area contributed by atoms with Crippen molar-refractivity contribution in [1.82, 2.24) is 14.9 Å². The van der Waals surface area contributed by atoms with Gasteiger partial charge in [0.2, 0.25) is 0 Å². The van der Waals surface area contributed by atoms with Crippen LogP contribution < -0.4 is 0 Å². The molecule has 110 valence electrons. The predicted octanol–water partition coefficient (Wildman–Crippen LogP) is 2.86. The fraction of sp³-hybridized carbons (Fsp3) is 0.471. The summed E-state index contributed by atoms with van der Waals surface area (Å²) in [5.74, 6) is 1.93. The van der Waals surface area contributed by atoms with Crippen LogP contribution in [-0.2, 0) is 4.74 Å². The van der Waals surface area contributed by atoms with Crippen LogP contribution in [0.1, 0.15) is 24.7 Å². The number of nitrogens with zero attached hydrogens (tertiary/aromatic N) is 2.